The zero-order chi connectivity index (χ0) is 11.6. The average Bonchev–Trinajstić information content (AvgIpc) is 2.73. The molecule has 2 atom stereocenters. The van der Waals surface area contributed by atoms with Gasteiger partial charge in [0.25, 0.3) is 0 Å². The van der Waals surface area contributed by atoms with Crippen LogP contribution in [0.15, 0.2) is 0 Å². The number of hydrogen-bond donors (Lipinski definition) is 0. The van der Waals surface area contributed by atoms with Gasteiger partial charge in [-0.3, -0.25) is 9.69 Å². The zero-order valence-electron chi connectivity index (χ0n) is 10.2. The van der Waals surface area contributed by atoms with Crippen LogP contribution in [0.1, 0.15) is 19.8 Å². The highest BCUT2D eigenvalue weighted by atomic mass is 16.5. The van der Waals surface area contributed by atoms with Crippen molar-refractivity contribution in [2.75, 3.05) is 40.0 Å². The lowest BCUT2D eigenvalue weighted by Gasteiger charge is -2.36. The molecular formula is C12H21NO3. The Balaban J connectivity index is 1.91. The Morgan fingerprint density at radius 2 is 2.44 bits per heavy atom. The molecule has 2 aliphatic rings. The number of Topliss-reactive ketones (excluding diaryl/α,β-unsaturated/α-hetero) is 1. The predicted octanol–water partition coefficient (Wildman–Crippen LogP) is 0.703. The third-order valence-corrected chi connectivity index (χ3v) is 3.77. The van der Waals surface area contributed by atoms with Crippen LogP contribution in [0.3, 0.4) is 0 Å². The minimum atomic E-state index is -0.139. The summed E-state index contributed by atoms with van der Waals surface area (Å²) in [6.45, 7) is 6.11. The van der Waals surface area contributed by atoms with Crippen molar-refractivity contribution < 1.29 is 14.3 Å². The SMILES string of the molecule is COC1(CN2CCC(=O)C(C)C2)CCOC1. The molecule has 92 valence electrons. The van der Waals surface area contributed by atoms with Gasteiger partial charge in [0, 0.05) is 52.1 Å². The minimum absolute atomic E-state index is 0.139. The summed E-state index contributed by atoms with van der Waals surface area (Å²) in [5, 5.41) is 0. The lowest BCUT2D eigenvalue weighted by atomic mass is 9.95. The second-order valence-corrected chi connectivity index (χ2v) is 5.04. The first kappa shape index (κ1) is 12.0. The van der Waals surface area contributed by atoms with E-state index >= 15 is 0 Å². The highest BCUT2D eigenvalue weighted by Gasteiger charge is 2.38. The van der Waals surface area contributed by atoms with E-state index in [1.807, 2.05) is 6.92 Å². The maximum absolute atomic E-state index is 11.4. The summed E-state index contributed by atoms with van der Waals surface area (Å²) in [5.41, 5.74) is -0.139. The van der Waals surface area contributed by atoms with Crippen molar-refractivity contribution in [3.8, 4) is 0 Å². The topological polar surface area (TPSA) is 38.8 Å². The molecule has 2 fully saturated rings. The molecule has 0 amide bonds. The van der Waals surface area contributed by atoms with Crippen molar-refractivity contribution in [3.63, 3.8) is 0 Å². The van der Waals surface area contributed by atoms with Crippen molar-refractivity contribution in [1.29, 1.82) is 0 Å². The molecule has 0 aliphatic carbocycles. The molecule has 4 nitrogen and oxygen atoms in total. The summed E-state index contributed by atoms with van der Waals surface area (Å²) >= 11 is 0. The van der Waals surface area contributed by atoms with E-state index in [0.717, 1.165) is 32.7 Å². The molecule has 0 aromatic rings. The van der Waals surface area contributed by atoms with Gasteiger partial charge in [0.15, 0.2) is 0 Å². The Hall–Kier alpha value is -0.450. The Morgan fingerprint density at radius 3 is 3.00 bits per heavy atom. The molecule has 0 saturated carbocycles. The van der Waals surface area contributed by atoms with Gasteiger partial charge in [-0.15, -0.1) is 0 Å². The monoisotopic (exact) mass is 227 g/mol. The summed E-state index contributed by atoms with van der Waals surface area (Å²) in [7, 11) is 1.76. The number of likely N-dealkylation sites (tertiary alicyclic amines) is 1. The van der Waals surface area contributed by atoms with Gasteiger partial charge in [-0.2, -0.15) is 0 Å². The molecule has 4 heteroatoms. The van der Waals surface area contributed by atoms with Crippen molar-refractivity contribution in [3.05, 3.63) is 0 Å². The van der Waals surface area contributed by atoms with Crippen molar-refractivity contribution in [1.82, 2.24) is 4.90 Å². The highest BCUT2D eigenvalue weighted by Crippen LogP contribution is 2.25. The second kappa shape index (κ2) is 4.82. The van der Waals surface area contributed by atoms with Crippen LogP contribution in [0, 0.1) is 5.92 Å². The second-order valence-electron chi connectivity index (χ2n) is 5.04. The molecular weight excluding hydrogens is 206 g/mol. The molecule has 0 aromatic carbocycles. The number of nitrogens with zero attached hydrogens (tertiary/aromatic N) is 1. The molecule has 0 bridgehead atoms. The largest absolute Gasteiger partial charge is 0.378 e. The molecule has 2 aliphatic heterocycles. The number of ether oxygens (including phenoxy) is 2. The van der Waals surface area contributed by atoms with E-state index in [1.165, 1.54) is 0 Å². The molecule has 2 unspecified atom stereocenters. The minimum Gasteiger partial charge on any atom is -0.378 e. The molecule has 2 heterocycles. The van der Waals surface area contributed by atoms with E-state index in [1.54, 1.807) is 7.11 Å². The van der Waals surface area contributed by atoms with Crippen molar-refractivity contribution in [2.45, 2.75) is 25.4 Å². The van der Waals surface area contributed by atoms with Gasteiger partial charge >= 0.3 is 0 Å². The lowest BCUT2D eigenvalue weighted by Crippen LogP contribution is -2.49. The van der Waals surface area contributed by atoms with Gasteiger partial charge in [-0.25, -0.2) is 0 Å². The number of hydrogen-bond acceptors (Lipinski definition) is 4. The number of carbonyl (C=O) groups is 1. The van der Waals surface area contributed by atoms with Crippen LogP contribution < -0.4 is 0 Å². The lowest BCUT2D eigenvalue weighted by molar-refractivity contribution is -0.127. The zero-order valence-corrected chi connectivity index (χ0v) is 10.2. The van der Waals surface area contributed by atoms with Crippen LogP contribution in [-0.4, -0.2) is 56.2 Å². The number of methoxy groups -OCH3 is 1. The summed E-state index contributed by atoms with van der Waals surface area (Å²) in [6.07, 6.45) is 1.64. The smallest absolute Gasteiger partial charge is 0.138 e. The number of piperidine rings is 1. The van der Waals surface area contributed by atoms with Crippen LogP contribution in [0.4, 0.5) is 0 Å². The van der Waals surface area contributed by atoms with Crippen molar-refractivity contribution >= 4 is 5.78 Å². The third-order valence-electron chi connectivity index (χ3n) is 3.77. The van der Waals surface area contributed by atoms with Gasteiger partial charge in [-0.05, 0) is 0 Å². The maximum atomic E-state index is 11.4. The van der Waals surface area contributed by atoms with Crippen LogP contribution in [0.5, 0.6) is 0 Å². The Bertz CT molecular complexity index is 261. The first-order valence-electron chi connectivity index (χ1n) is 6.03. The number of ketones is 1. The molecule has 2 rings (SSSR count). The molecule has 0 spiro atoms. The number of carbonyl (C=O) groups excluding carboxylic acids is 1. The van der Waals surface area contributed by atoms with Crippen LogP contribution in [0.2, 0.25) is 0 Å². The van der Waals surface area contributed by atoms with E-state index in [0.29, 0.717) is 18.8 Å². The third kappa shape index (κ3) is 2.44. The maximum Gasteiger partial charge on any atom is 0.138 e. The fraction of sp³-hybridized carbons (Fsp3) is 0.917. The Morgan fingerprint density at radius 1 is 1.62 bits per heavy atom. The fourth-order valence-corrected chi connectivity index (χ4v) is 2.58. The summed E-state index contributed by atoms with van der Waals surface area (Å²) in [6, 6.07) is 0. The summed E-state index contributed by atoms with van der Waals surface area (Å²) in [4.78, 5) is 13.8. The molecule has 2 saturated heterocycles. The van der Waals surface area contributed by atoms with E-state index in [2.05, 4.69) is 4.90 Å². The van der Waals surface area contributed by atoms with Gasteiger partial charge in [0.1, 0.15) is 11.4 Å². The first-order valence-corrected chi connectivity index (χ1v) is 6.03. The quantitative estimate of drug-likeness (QED) is 0.711. The molecule has 0 N–H and O–H groups in total. The average molecular weight is 227 g/mol. The van der Waals surface area contributed by atoms with Gasteiger partial charge in [0.05, 0.1) is 6.61 Å². The molecule has 0 radical (unpaired) electrons. The summed E-state index contributed by atoms with van der Waals surface area (Å²) < 4.78 is 11.0. The van der Waals surface area contributed by atoms with Crippen LogP contribution in [0.25, 0.3) is 0 Å². The van der Waals surface area contributed by atoms with Gasteiger partial charge in [-0.1, -0.05) is 6.92 Å². The standard InChI is InChI=1S/C12H21NO3/c1-10-7-13(5-3-11(10)14)8-12(15-2)4-6-16-9-12/h10H,3-9H2,1-2H3. The Kier molecular flexibility index (Phi) is 3.62. The van der Waals surface area contributed by atoms with E-state index in [-0.39, 0.29) is 11.5 Å². The molecule has 0 aromatic heterocycles. The fourth-order valence-electron chi connectivity index (χ4n) is 2.58. The van der Waals surface area contributed by atoms with E-state index in [4.69, 9.17) is 9.47 Å². The summed E-state index contributed by atoms with van der Waals surface area (Å²) in [5.74, 6) is 0.565. The number of rotatable bonds is 3. The predicted molar refractivity (Wildman–Crippen MR) is 60.4 cm³/mol. The van der Waals surface area contributed by atoms with Crippen LogP contribution in [-0.2, 0) is 14.3 Å². The van der Waals surface area contributed by atoms with Crippen molar-refractivity contribution in [2.24, 2.45) is 5.92 Å². The molecule has 16 heavy (non-hydrogen) atoms. The van der Waals surface area contributed by atoms with Crippen LogP contribution >= 0.6 is 0 Å². The van der Waals surface area contributed by atoms with E-state index in [9.17, 15) is 4.79 Å². The van der Waals surface area contributed by atoms with Gasteiger partial charge < -0.3 is 9.47 Å². The van der Waals surface area contributed by atoms with Gasteiger partial charge in [0.2, 0.25) is 0 Å². The van der Waals surface area contributed by atoms with E-state index < -0.39 is 0 Å². The normalized spacial score (nSPS) is 36.9. The first-order chi connectivity index (χ1) is 7.65. The highest BCUT2D eigenvalue weighted by molar-refractivity contribution is 5.81. The Labute approximate surface area is 96.9 Å².